The third kappa shape index (κ3) is 3.65. The van der Waals surface area contributed by atoms with Crippen LogP contribution in [-0.2, 0) is 9.53 Å². The third-order valence-corrected chi connectivity index (χ3v) is 5.56. The number of carbonyl (C=O) groups is 1. The van der Waals surface area contributed by atoms with Crippen LogP contribution >= 0.6 is 0 Å². The standard InChI is InChI=1S/C25H23N3O2/c29-25-24(26-21-12-10-20(11-13-21)19-6-2-1-3-7-19)22-8-4-5-9-23(22)28(25)18-27-14-16-30-17-15-27/h1-13H,14-18H2. The van der Waals surface area contributed by atoms with Gasteiger partial charge in [0, 0.05) is 18.7 Å². The van der Waals surface area contributed by atoms with Crippen LogP contribution in [0, 0.1) is 0 Å². The van der Waals surface area contributed by atoms with E-state index in [1.165, 1.54) is 0 Å². The quantitative estimate of drug-likeness (QED) is 0.666. The molecule has 1 amide bonds. The van der Waals surface area contributed by atoms with Crippen LogP contribution in [0.1, 0.15) is 5.56 Å². The van der Waals surface area contributed by atoms with Gasteiger partial charge in [0.1, 0.15) is 5.71 Å². The van der Waals surface area contributed by atoms with Gasteiger partial charge >= 0.3 is 0 Å². The van der Waals surface area contributed by atoms with E-state index >= 15 is 0 Å². The Morgan fingerprint density at radius 1 is 0.800 bits per heavy atom. The molecule has 0 bridgehead atoms. The summed E-state index contributed by atoms with van der Waals surface area (Å²) in [7, 11) is 0. The average molecular weight is 397 g/mol. The number of carbonyl (C=O) groups excluding carboxylic acids is 1. The van der Waals surface area contributed by atoms with Crippen molar-refractivity contribution in [3.63, 3.8) is 0 Å². The molecular weight excluding hydrogens is 374 g/mol. The predicted octanol–water partition coefficient (Wildman–Crippen LogP) is 4.11. The molecule has 2 aliphatic heterocycles. The molecule has 2 aliphatic rings. The van der Waals surface area contributed by atoms with Crippen LogP contribution in [0.25, 0.3) is 11.1 Å². The first-order valence-electron chi connectivity index (χ1n) is 10.3. The third-order valence-electron chi connectivity index (χ3n) is 5.56. The molecule has 0 saturated carbocycles. The molecule has 0 N–H and O–H groups in total. The van der Waals surface area contributed by atoms with Crippen LogP contribution in [0.15, 0.2) is 83.9 Å². The molecule has 5 nitrogen and oxygen atoms in total. The van der Waals surface area contributed by atoms with Crippen LogP contribution < -0.4 is 4.90 Å². The summed E-state index contributed by atoms with van der Waals surface area (Å²) < 4.78 is 5.43. The maximum absolute atomic E-state index is 13.3. The molecule has 3 aromatic rings. The van der Waals surface area contributed by atoms with Gasteiger partial charge < -0.3 is 4.74 Å². The van der Waals surface area contributed by atoms with Crippen molar-refractivity contribution in [2.24, 2.45) is 4.99 Å². The van der Waals surface area contributed by atoms with E-state index in [2.05, 4.69) is 17.0 Å². The minimum Gasteiger partial charge on any atom is -0.379 e. The van der Waals surface area contributed by atoms with Crippen LogP contribution in [0.2, 0.25) is 0 Å². The van der Waals surface area contributed by atoms with Crippen molar-refractivity contribution in [1.82, 2.24) is 4.90 Å². The van der Waals surface area contributed by atoms with Crippen molar-refractivity contribution < 1.29 is 9.53 Å². The first-order valence-corrected chi connectivity index (χ1v) is 10.3. The van der Waals surface area contributed by atoms with Gasteiger partial charge in [0.05, 0.1) is 31.3 Å². The summed E-state index contributed by atoms with van der Waals surface area (Å²) in [5, 5.41) is 0. The fourth-order valence-corrected chi connectivity index (χ4v) is 3.94. The Morgan fingerprint density at radius 3 is 2.23 bits per heavy atom. The van der Waals surface area contributed by atoms with Crippen LogP contribution in [0.3, 0.4) is 0 Å². The van der Waals surface area contributed by atoms with E-state index in [9.17, 15) is 4.79 Å². The van der Waals surface area contributed by atoms with E-state index in [0.717, 1.165) is 41.2 Å². The molecular formula is C25H23N3O2. The van der Waals surface area contributed by atoms with Gasteiger partial charge in [0.2, 0.25) is 0 Å². The molecule has 0 aliphatic carbocycles. The molecule has 5 heteroatoms. The normalized spacial score (nSPS) is 18.1. The number of benzene rings is 3. The summed E-state index contributed by atoms with van der Waals surface area (Å²) in [6.45, 7) is 3.64. The number of anilines is 1. The lowest BCUT2D eigenvalue weighted by atomic mass is 10.1. The molecule has 2 heterocycles. The molecule has 0 atom stereocenters. The van der Waals surface area contributed by atoms with Gasteiger partial charge in [-0.3, -0.25) is 14.6 Å². The van der Waals surface area contributed by atoms with E-state index in [0.29, 0.717) is 25.6 Å². The van der Waals surface area contributed by atoms with Crippen molar-refractivity contribution in [3.05, 3.63) is 84.4 Å². The molecule has 150 valence electrons. The summed E-state index contributed by atoms with van der Waals surface area (Å²) in [5.74, 6) is -0.0465. The number of ether oxygens (including phenoxy) is 1. The summed E-state index contributed by atoms with van der Waals surface area (Å²) in [4.78, 5) is 22.1. The Balaban J connectivity index is 1.43. The predicted molar refractivity (Wildman–Crippen MR) is 119 cm³/mol. The van der Waals surface area contributed by atoms with Crippen molar-refractivity contribution in [2.45, 2.75) is 0 Å². The second kappa shape index (κ2) is 8.22. The fraction of sp³-hybridized carbons (Fsp3) is 0.200. The summed E-state index contributed by atoms with van der Waals surface area (Å²) >= 11 is 0. The van der Waals surface area contributed by atoms with Gasteiger partial charge in [-0.15, -0.1) is 0 Å². The number of fused-ring (bicyclic) bond motifs is 1. The van der Waals surface area contributed by atoms with Crippen molar-refractivity contribution in [3.8, 4) is 11.1 Å². The van der Waals surface area contributed by atoms with Crippen molar-refractivity contribution >= 4 is 23.0 Å². The molecule has 5 rings (SSSR count). The molecule has 0 spiro atoms. The van der Waals surface area contributed by atoms with Gasteiger partial charge in [0.15, 0.2) is 0 Å². The highest BCUT2D eigenvalue weighted by Crippen LogP contribution is 2.31. The topological polar surface area (TPSA) is 45.1 Å². The number of morpholine rings is 1. The number of hydrogen-bond acceptors (Lipinski definition) is 4. The van der Waals surface area contributed by atoms with Crippen LogP contribution in [0.4, 0.5) is 11.4 Å². The fourth-order valence-electron chi connectivity index (χ4n) is 3.94. The lowest BCUT2D eigenvalue weighted by molar-refractivity contribution is -0.112. The Hall–Kier alpha value is -3.28. The van der Waals surface area contributed by atoms with Gasteiger partial charge in [-0.25, -0.2) is 4.99 Å². The van der Waals surface area contributed by atoms with E-state index in [1.54, 1.807) is 0 Å². The summed E-state index contributed by atoms with van der Waals surface area (Å²) in [6, 6.07) is 26.2. The number of para-hydroxylation sites is 1. The van der Waals surface area contributed by atoms with E-state index in [1.807, 2.05) is 71.6 Å². The van der Waals surface area contributed by atoms with E-state index < -0.39 is 0 Å². The lowest BCUT2D eigenvalue weighted by Crippen LogP contribution is -2.45. The molecule has 0 radical (unpaired) electrons. The zero-order valence-electron chi connectivity index (χ0n) is 16.7. The summed E-state index contributed by atoms with van der Waals surface area (Å²) in [6.07, 6.45) is 0. The second-order valence-corrected chi connectivity index (χ2v) is 7.50. The van der Waals surface area contributed by atoms with E-state index in [4.69, 9.17) is 9.73 Å². The number of nitrogens with zero attached hydrogens (tertiary/aromatic N) is 3. The smallest absolute Gasteiger partial charge is 0.278 e. The highest BCUT2D eigenvalue weighted by molar-refractivity contribution is 6.54. The van der Waals surface area contributed by atoms with Crippen LogP contribution in [-0.4, -0.2) is 49.5 Å². The zero-order valence-corrected chi connectivity index (χ0v) is 16.7. The number of rotatable bonds is 4. The minimum absolute atomic E-state index is 0.0465. The number of aliphatic imine (C=N–C) groups is 1. The molecule has 3 aromatic carbocycles. The van der Waals surface area contributed by atoms with Gasteiger partial charge in [0.25, 0.3) is 5.91 Å². The zero-order chi connectivity index (χ0) is 20.3. The molecule has 1 saturated heterocycles. The Labute approximate surface area is 176 Å². The van der Waals surface area contributed by atoms with Gasteiger partial charge in [-0.05, 0) is 29.3 Å². The van der Waals surface area contributed by atoms with Crippen molar-refractivity contribution in [2.75, 3.05) is 37.9 Å². The van der Waals surface area contributed by atoms with Gasteiger partial charge in [-0.1, -0.05) is 60.7 Å². The molecule has 0 unspecified atom stereocenters. The average Bonchev–Trinajstić information content (AvgIpc) is 3.07. The number of amides is 1. The largest absolute Gasteiger partial charge is 0.379 e. The SMILES string of the molecule is O=C1C(=Nc2ccc(-c3ccccc3)cc2)c2ccccc2N1CN1CCOCC1. The second-order valence-electron chi connectivity index (χ2n) is 7.50. The highest BCUT2D eigenvalue weighted by Gasteiger charge is 2.34. The Morgan fingerprint density at radius 2 is 1.47 bits per heavy atom. The summed E-state index contributed by atoms with van der Waals surface area (Å²) in [5.41, 5.74) is 5.39. The molecule has 0 aromatic heterocycles. The lowest BCUT2D eigenvalue weighted by Gasteiger charge is -2.30. The van der Waals surface area contributed by atoms with Gasteiger partial charge in [-0.2, -0.15) is 0 Å². The highest BCUT2D eigenvalue weighted by atomic mass is 16.5. The maximum Gasteiger partial charge on any atom is 0.278 e. The molecule has 1 fully saturated rings. The van der Waals surface area contributed by atoms with Crippen LogP contribution in [0.5, 0.6) is 0 Å². The maximum atomic E-state index is 13.3. The minimum atomic E-state index is -0.0465. The Bertz CT molecular complexity index is 1070. The van der Waals surface area contributed by atoms with Crippen molar-refractivity contribution in [1.29, 1.82) is 0 Å². The number of hydrogen-bond donors (Lipinski definition) is 0. The first-order chi connectivity index (χ1) is 14.8. The van der Waals surface area contributed by atoms with E-state index in [-0.39, 0.29) is 5.91 Å². The first kappa shape index (κ1) is 18.7. The Kier molecular flexibility index (Phi) is 5.13. The monoisotopic (exact) mass is 397 g/mol. The molecule has 30 heavy (non-hydrogen) atoms.